The van der Waals surface area contributed by atoms with Crippen LogP contribution in [0.25, 0.3) is 0 Å². The Balaban J connectivity index is 1.86. The van der Waals surface area contributed by atoms with Crippen LogP contribution in [-0.4, -0.2) is 35.6 Å². The zero-order valence-electron chi connectivity index (χ0n) is 14.6. The minimum Gasteiger partial charge on any atom is -0.490 e. The molecule has 0 aromatic heterocycles. The zero-order chi connectivity index (χ0) is 18.0. The van der Waals surface area contributed by atoms with Crippen LogP contribution in [0.15, 0.2) is 16.6 Å². The van der Waals surface area contributed by atoms with Gasteiger partial charge in [-0.2, -0.15) is 0 Å². The highest BCUT2D eigenvalue weighted by atomic mass is 79.9. The second-order valence-electron chi connectivity index (χ2n) is 6.37. The number of benzene rings is 1. The van der Waals surface area contributed by atoms with Gasteiger partial charge in [-0.25, -0.2) is 4.79 Å². The molecule has 0 atom stereocenters. The first-order valence-corrected chi connectivity index (χ1v) is 9.52. The Morgan fingerprint density at radius 2 is 1.72 bits per heavy atom. The Labute approximate surface area is 156 Å². The largest absolute Gasteiger partial charge is 0.490 e. The summed E-state index contributed by atoms with van der Waals surface area (Å²) >= 11 is 3.52. The maximum absolute atomic E-state index is 12.8. The summed E-state index contributed by atoms with van der Waals surface area (Å²) in [4.78, 5) is 26.5. The summed E-state index contributed by atoms with van der Waals surface area (Å²) in [6.45, 7) is 5.05. The molecule has 7 heteroatoms. The Kier molecular flexibility index (Phi) is 5.22. The standard InChI is InChI=1S/C18H23BrN2O4/c1-3-24-14-9-12(13(19)10-15(14)25-4-2)11-21-16(22)18(20-17(21)23)7-5-6-8-18/h9-10H,3-8,11H2,1-2H3,(H,20,23). The maximum atomic E-state index is 12.8. The van der Waals surface area contributed by atoms with Gasteiger partial charge in [-0.15, -0.1) is 0 Å². The van der Waals surface area contributed by atoms with E-state index in [2.05, 4.69) is 21.2 Å². The van der Waals surface area contributed by atoms with Crippen LogP contribution in [0, 0.1) is 0 Å². The van der Waals surface area contributed by atoms with E-state index >= 15 is 0 Å². The second kappa shape index (κ2) is 7.23. The summed E-state index contributed by atoms with van der Waals surface area (Å²) in [6, 6.07) is 3.34. The van der Waals surface area contributed by atoms with Crippen molar-refractivity contribution in [1.82, 2.24) is 10.2 Å². The van der Waals surface area contributed by atoms with Crippen LogP contribution in [0.4, 0.5) is 4.79 Å². The van der Waals surface area contributed by atoms with Gasteiger partial charge in [-0.05, 0) is 44.4 Å². The summed E-state index contributed by atoms with van der Waals surface area (Å²) in [5, 5.41) is 2.91. The van der Waals surface area contributed by atoms with Gasteiger partial charge < -0.3 is 14.8 Å². The van der Waals surface area contributed by atoms with E-state index < -0.39 is 5.54 Å². The third-order valence-corrected chi connectivity index (χ3v) is 5.48. The van der Waals surface area contributed by atoms with E-state index in [4.69, 9.17) is 9.47 Å². The number of ether oxygens (including phenoxy) is 2. The van der Waals surface area contributed by atoms with E-state index in [0.717, 1.165) is 35.7 Å². The van der Waals surface area contributed by atoms with E-state index in [1.165, 1.54) is 4.90 Å². The molecular weight excluding hydrogens is 388 g/mol. The number of carbonyl (C=O) groups is 2. The van der Waals surface area contributed by atoms with Gasteiger partial charge in [0.2, 0.25) is 0 Å². The monoisotopic (exact) mass is 410 g/mol. The van der Waals surface area contributed by atoms with Crippen molar-refractivity contribution < 1.29 is 19.1 Å². The molecule has 1 aromatic rings. The number of hydrogen-bond acceptors (Lipinski definition) is 4. The molecular formula is C18H23BrN2O4. The van der Waals surface area contributed by atoms with Gasteiger partial charge in [0, 0.05) is 4.47 Å². The summed E-state index contributed by atoms with van der Waals surface area (Å²) in [5.74, 6) is 1.14. The third kappa shape index (κ3) is 3.34. The van der Waals surface area contributed by atoms with Crippen molar-refractivity contribution in [2.45, 2.75) is 51.6 Å². The highest BCUT2D eigenvalue weighted by molar-refractivity contribution is 9.10. The highest BCUT2D eigenvalue weighted by Gasteiger charge is 2.52. The number of nitrogens with one attached hydrogen (secondary N) is 1. The summed E-state index contributed by atoms with van der Waals surface area (Å²) in [7, 11) is 0. The predicted molar refractivity (Wildman–Crippen MR) is 96.8 cm³/mol. The lowest BCUT2D eigenvalue weighted by Gasteiger charge is -2.21. The molecule has 136 valence electrons. The lowest BCUT2D eigenvalue weighted by molar-refractivity contribution is -0.131. The minimum absolute atomic E-state index is 0.117. The molecule has 3 rings (SSSR count). The Morgan fingerprint density at radius 1 is 1.12 bits per heavy atom. The number of amides is 3. The van der Waals surface area contributed by atoms with Gasteiger partial charge in [0.1, 0.15) is 5.54 Å². The summed E-state index contributed by atoms with van der Waals surface area (Å²) in [6.07, 6.45) is 3.40. The van der Waals surface area contributed by atoms with Crippen molar-refractivity contribution in [2.75, 3.05) is 13.2 Å². The smallest absolute Gasteiger partial charge is 0.325 e. The van der Waals surface area contributed by atoms with E-state index in [-0.39, 0.29) is 18.5 Å². The number of hydrogen-bond donors (Lipinski definition) is 1. The van der Waals surface area contributed by atoms with E-state index in [1.807, 2.05) is 26.0 Å². The Morgan fingerprint density at radius 3 is 2.32 bits per heavy atom. The van der Waals surface area contributed by atoms with Crippen LogP contribution >= 0.6 is 15.9 Å². The van der Waals surface area contributed by atoms with Crippen molar-refractivity contribution in [3.63, 3.8) is 0 Å². The van der Waals surface area contributed by atoms with Crippen molar-refractivity contribution in [3.8, 4) is 11.5 Å². The molecule has 0 unspecified atom stereocenters. The maximum Gasteiger partial charge on any atom is 0.325 e. The molecule has 0 radical (unpaired) electrons. The molecule has 6 nitrogen and oxygen atoms in total. The molecule has 1 N–H and O–H groups in total. The molecule has 1 heterocycles. The molecule has 25 heavy (non-hydrogen) atoms. The number of halogens is 1. The first-order valence-electron chi connectivity index (χ1n) is 8.73. The van der Waals surface area contributed by atoms with Gasteiger partial charge in [0.25, 0.3) is 5.91 Å². The topological polar surface area (TPSA) is 67.9 Å². The highest BCUT2D eigenvalue weighted by Crippen LogP contribution is 2.38. The second-order valence-corrected chi connectivity index (χ2v) is 7.22. The predicted octanol–water partition coefficient (Wildman–Crippen LogP) is 3.61. The molecule has 3 amide bonds. The lowest BCUT2D eigenvalue weighted by Crippen LogP contribution is -2.44. The molecule has 1 spiro atoms. The lowest BCUT2D eigenvalue weighted by atomic mass is 9.98. The first-order chi connectivity index (χ1) is 12.0. The molecule has 2 aliphatic rings. The average Bonchev–Trinajstić information content (AvgIpc) is 3.13. The molecule has 1 aliphatic heterocycles. The van der Waals surface area contributed by atoms with Crippen LogP contribution in [0.1, 0.15) is 45.1 Å². The van der Waals surface area contributed by atoms with Crippen LogP contribution < -0.4 is 14.8 Å². The minimum atomic E-state index is -0.683. The number of carbonyl (C=O) groups excluding carboxylic acids is 2. The van der Waals surface area contributed by atoms with Gasteiger partial charge in [-0.3, -0.25) is 9.69 Å². The van der Waals surface area contributed by atoms with E-state index in [9.17, 15) is 9.59 Å². The number of nitrogens with zero attached hydrogens (tertiary/aromatic N) is 1. The van der Waals surface area contributed by atoms with Crippen LogP contribution in [0.5, 0.6) is 11.5 Å². The van der Waals surface area contributed by atoms with Gasteiger partial charge >= 0.3 is 6.03 Å². The third-order valence-electron chi connectivity index (χ3n) is 4.74. The van der Waals surface area contributed by atoms with E-state index in [1.54, 1.807) is 0 Å². The van der Waals surface area contributed by atoms with Gasteiger partial charge in [0.15, 0.2) is 11.5 Å². The first kappa shape index (κ1) is 18.0. The fourth-order valence-electron chi connectivity index (χ4n) is 3.54. The van der Waals surface area contributed by atoms with E-state index in [0.29, 0.717) is 24.7 Å². The quantitative estimate of drug-likeness (QED) is 0.727. The molecule has 1 aromatic carbocycles. The molecule has 1 saturated carbocycles. The van der Waals surface area contributed by atoms with Gasteiger partial charge in [0.05, 0.1) is 19.8 Å². The number of imide groups is 1. The van der Waals surface area contributed by atoms with Crippen molar-refractivity contribution in [3.05, 3.63) is 22.2 Å². The Hall–Kier alpha value is -1.76. The zero-order valence-corrected chi connectivity index (χ0v) is 16.1. The molecule has 1 saturated heterocycles. The van der Waals surface area contributed by atoms with Crippen molar-refractivity contribution in [2.24, 2.45) is 0 Å². The molecule has 0 bridgehead atoms. The fraction of sp³-hybridized carbons (Fsp3) is 0.556. The van der Waals surface area contributed by atoms with Crippen LogP contribution in [0.3, 0.4) is 0 Å². The summed E-state index contributed by atoms with van der Waals surface area (Å²) in [5.41, 5.74) is 0.128. The van der Waals surface area contributed by atoms with Crippen molar-refractivity contribution in [1.29, 1.82) is 0 Å². The normalized spacial score (nSPS) is 18.8. The SMILES string of the molecule is CCOc1cc(Br)c(CN2C(=O)NC3(CCCC3)C2=O)cc1OCC. The molecule has 2 fully saturated rings. The fourth-order valence-corrected chi connectivity index (χ4v) is 3.99. The average molecular weight is 411 g/mol. The van der Waals surface area contributed by atoms with Crippen LogP contribution in [-0.2, 0) is 11.3 Å². The number of rotatable bonds is 6. The molecule has 1 aliphatic carbocycles. The van der Waals surface area contributed by atoms with Crippen LogP contribution in [0.2, 0.25) is 0 Å². The Bertz CT molecular complexity index is 686. The van der Waals surface area contributed by atoms with Gasteiger partial charge in [-0.1, -0.05) is 28.8 Å². The summed E-state index contributed by atoms with van der Waals surface area (Å²) < 4.78 is 12.0. The van der Waals surface area contributed by atoms with Crippen molar-refractivity contribution >= 4 is 27.9 Å². The number of urea groups is 1.